The Morgan fingerprint density at radius 3 is 1.34 bits per heavy atom. The molecule has 41 heavy (non-hydrogen) atoms. The van der Waals surface area contributed by atoms with Crippen LogP contribution in [-0.4, -0.2) is 37.1 Å². The topological polar surface area (TPSA) is 69.9 Å². The zero-order valence-corrected chi connectivity index (χ0v) is 23.0. The lowest BCUT2D eigenvalue weighted by Crippen LogP contribution is -2.60. The van der Waals surface area contributed by atoms with Crippen LogP contribution in [0.5, 0.6) is 0 Å². The van der Waals surface area contributed by atoms with Gasteiger partial charge in [0.05, 0.1) is 39.1 Å². The van der Waals surface area contributed by atoms with E-state index in [9.17, 15) is 5.26 Å². The molecule has 0 radical (unpaired) electrons. The lowest BCUT2D eigenvalue weighted by Gasteiger charge is -2.44. The summed E-state index contributed by atoms with van der Waals surface area (Å²) in [4.78, 5) is 0. The number of nitrogens with zero attached hydrogens (tertiary/aromatic N) is 1. The van der Waals surface area contributed by atoms with Crippen LogP contribution < -0.4 is 0 Å². The Labute approximate surface area is 242 Å². The quantitative estimate of drug-likeness (QED) is 0.196. The molecule has 0 saturated carbocycles. The highest BCUT2D eigenvalue weighted by Crippen LogP contribution is 2.31. The Morgan fingerprint density at radius 2 is 0.902 bits per heavy atom. The number of nitriles is 1. The summed E-state index contributed by atoms with van der Waals surface area (Å²) >= 11 is 0. The average Bonchev–Trinajstić information content (AvgIpc) is 3.04. The van der Waals surface area contributed by atoms with E-state index in [1.807, 2.05) is 121 Å². The van der Waals surface area contributed by atoms with E-state index >= 15 is 0 Å². The lowest BCUT2D eigenvalue weighted by molar-refractivity contribution is -0.261. The predicted octanol–water partition coefficient (Wildman–Crippen LogP) is 6.25. The fourth-order valence-corrected chi connectivity index (χ4v) is 4.89. The number of benzene rings is 4. The van der Waals surface area contributed by atoms with Gasteiger partial charge < -0.3 is 23.7 Å². The molecule has 5 rings (SSSR count). The first-order valence-electron chi connectivity index (χ1n) is 13.9. The van der Waals surface area contributed by atoms with Crippen molar-refractivity contribution in [3.05, 3.63) is 144 Å². The minimum absolute atomic E-state index is 0.239. The summed E-state index contributed by atoms with van der Waals surface area (Å²) in [6.45, 7) is 1.68. The summed E-state index contributed by atoms with van der Waals surface area (Å²) < 4.78 is 31.9. The number of ether oxygens (including phenoxy) is 5. The summed E-state index contributed by atoms with van der Waals surface area (Å²) in [6, 6.07) is 42.1. The van der Waals surface area contributed by atoms with Crippen LogP contribution in [0.4, 0.5) is 0 Å². The third-order valence-electron chi connectivity index (χ3n) is 7.01. The van der Waals surface area contributed by atoms with Crippen LogP contribution in [0.1, 0.15) is 22.3 Å². The molecule has 4 aromatic carbocycles. The summed E-state index contributed by atoms with van der Waals surface area (Å²) in [5, 5.41) is 10.2. The maximum absolute atomic E-state index is 10.2. The van der Waals surface area contributed by atoms with E-state index in [0.717, 1.165) is 22.3 Å². The lowest BCUT2D eigenvalue weighted by atomic mass is 9.94. The van der Waals surface area contributed by atoms with Gasteiger partial charge in [-0.25, -0.2) is 0 Å². The average molecular weight is 550 g/mol. The van der Waals surface area contributed by atoms with Crippen molar-refractivity contribution in [1.82, 2.24) is 0 Å². The summed E-state index contributed by atoms with van der Waals surface area (Å²) in [5.41, 5.74) is 4.11. The Morgan fingerprint density at radius 1 is 0.512 bits per heavy atom. The molecule has 0 N–H and O–H groups in total. The van der Waals surface area contributed by atoms with Gasteiger partial charge in [0.2, 0.25) is 0 Å². The van der Waals surface area contributed by atoms with Crippen LogP contribution in [0, 0.1) is 11.3 Å². The van der Waals surface area contributed by atoms with E-state index in [0.29, 0.717) is 26.4 Å². The normalized spacial score (nSPS) is 22.2. The minimum atomic E-state index is -0.860. The molecule has 0 aliphatic carbocycles. The van der Waals surface area contributed by atoms with Crippen LogP contribution in [0.25, 0.3) is 0 Å². The first-order valence-corrected chi connectivity index (χ1v) is 13.9. The standard InChI is InChI=1S/C35H35NO5/c36-21-31-33(38-23-28-15-7-2-8-16-28)35(40-25-30-19-11-4-12-20-30)34(39-24-29-17-9-3-10-18-29)32(41-31)26-37-22-27-13-5-1-6-14-27/h1-20,31-35H,22-26H2/t31-,32-,33+,34+,35-/m1/s1. The molecule has 1 fully saturated rings. The molecular formula is C35H35NO5. The highest BCUT2D eigenvalue weighted by atomic mass is 16.6. The van der Waals surface area contributed by atoms with E-state index in [4.69, 9.17) is 23.7 Å². The summed E-state index contributed by atoms with van der Waals surface area (Å²) in [6.07, 6.45) is -3.19. The molecule has 1 saturated heterocycles. The molecule has 6 nitrogen and oxygen atoms in total. The second kappa shape index (κ2) is 15.2. The van der Waals surface area contributed by atoms with Gasteiger partial charge in [0.1, 0.15) is 24.4 Å². The van der Waals surface area contributed by atoms with Gasteiger partial charge in [-0.2, -0.15) is 5.26 Å². The van der Waals surface area contributed by atoms with E-state index in [-0.39, 0.29) is 6.61 Å². The van der Waals surface area contributed by atoms with Crippen molar-refractivity contribution in [2.24, 2.45) is 0 Å². The third-order valence-corrected chi connectivity index (χ3v) is 7.01. The molecule has 0 bridgehead atoms. The van der Waals surface area contributed by atoms with E-state index in [1.165, 1.54) is 0 Å². The van der Waals surface area contributed by atoms with E-state index < -0.39 is 30.5 Å². The summed E-state index contributed by atoms with van der Waals surface area (Å²) in [5.74, 6) is 0. The van der Waals surface area contributed by atoms with Crippen molar-refractivity contribution in [2.75, 3.05) is 6.61 Å². The van der Waals surface area contributed by atoms with E-state index in [2.05, 4.69) is 6.07 Å². The number of rotatable bonds is 13. The number of hydrogen-bond donors (Lipinski definition) is 0. The number of hydrogen-bond acceptors (Lipinski definition) is 6. The predicted molar refractivity (Wildman–Crippen MR) is 155 cm³/mol. The molecule has 1 heterocycles. The second-order valence-electron chi connectivity index (χ2n) is 10.0. The van der Waals surface area contributed by atoms with Gasteiger partial charge in [-0.3, -0.25) is 0 Å². The summed E-state index contributed by atoms with van der Waals surface area (Å²) in [7, 11) is 0. The molecule has 4 aromatic rings. The van der Waals surface area contributed by atoms with Crippen LogP contribution in [0.3, 0.4) is 0 Å². The van der Waals surface area contributed by atoms with Gasteiger partial charge in [-0.1, -0.05) is 121 Å². The van der Waals surface area contributed by atoms with Gasteiger partial charge >= 0.3 is 0 Å². The smallest absolute Gasteiger partial charge is 0.173 e. The molecular weight excluding hydrogens is 514 g/mol. The zero-order valence-electron chi connectivity index (χ0n) is 23.0. The Kier molecular flexibility index (Phi) is 10.7. The Hall–Kier alpha value is -3.83. The van der Waals surface area contributed by atoms with Crippen molar-refractivity contribution in [2.45, 2.75) is 56.9 Å². The van der Waals surface area contributed by atoms with Gasteiger partial charge in [-0.15, -0.1) is 0 Å². The van der Waals surface area contributed by atoms with Crippen LogP contribution >= 0.6 is 0 Å². The molecule has 5 atom stereocenters. The Balaban J connectivity index is 1.39. The van der Waals surface area contributed by atoms with Crippen molar-refractivity contribution in [3.63, 3.8) is 0 Å². The van der Waals surface area contributed by atoms with Crippen molar-refractivity contribution in [3.8, 4) is 6.07 Å². The fraction of sp³-hybridized carbons (Fsp3) is 0.286. The van der Waals surface area contributed by atoms with Gasteiger partial charge in [0.25, 0.3) is 0 Å². The molecule has 210 valence electrons. The molecule has 1 aliphatic rings. The zero-order chi connectivity index (χ0) is 28.1. The van der Waals surface area contributed by atoms with Crippen molar-refractivity contribution >= 4 is 0 Å². The van der Waals surface area contributed by atoms with Crippen molar-refractivity contribution < 1.29 is 23.7 Å². The maximum atomic E-state index is 10.2. The van der Waals surface area contributed by atoms with Crippen molar-refractivity contribution in [1.29, 1.82) is 5.26 Å². The molecule has 1 aliphatic heterocycles. The highest BCUT2D eigenvalue weighted by Gasteiger charge is 2.48. The van der Waals surface area contributed by atoms with Crippen LogP contribution in [0.15, 0.2) is 121 Å². The largest absolute Gasteiger partial charge is 0.374 e. The van der Waals surface area contributed by atoms with Gasteiger partial charge in [-0.05, 0) is 22.3 Å². The first-order chi connectivity index (χ1) is 20.3. The van der Waals surface area contributed by atoms with Crippen LogP contribution in [-0.2, 0) is 50.1 Å². The second-order valence-corrected chi connectivity index (χ2v) is 10.0. The van der Waals surface area contributed by atoms with Crippen LogP contribution in [0.2, 0.25) is 0 Å². The third kappa shape index (κ3) is 8.34. The molecule has 0 spiro atoms. The first kappa shape index (κ1) is 28.7. The highest BCUT2D eigenvalue weighted by molar-refractivity contribution is 5.17. The molecule has 0 amide bonds. The van der Waals surface area contributed by atoms with Gasteiger partial charge in [0.15, 0.2) is 6.10 Å². The molecule has 0 aromatic heterocycles. The molecule has 0 unspecified atom stereocenters. The van der Waals surface area contributed by atoms with E-state index in [1.54, 1.807) is 0 Å². The van der Waals surface area contributed by atoms with Gasteiger partial charge in [0, 0.05) is 0 Å². The Bertz CT molecular complexity index is 1330. The maximum Gasteiger partial charge on any atom is 0.173 e. The fourth-order valence-electron chi connectivity index (χ4n) is 4.89. The SMILES string of the molecule is N#C[C@H]1O[C@H](COCc2ccccc2)[C@H](OCc2ccccc2)[C@H](OCc2ccccc2)[C@H]1OCc1ccccc1. The minimum Gasteiger partial charge on any atom is -0.374 e. The molecule has 6 heteroatoms. The monoisotopic (exact) mass is 549 g/mol.